The van der Waals surface area contributed by atoms with Crippen molar-refractivity contribution in [1.82, 2.24) is 5.32 Å². The van der Waals surface area contributed by atoms with Gasteiger partial charge in [-0.05, 0) is 32.4 Å². The van der Waals surface area contributed by atoms with Crippen LogP contribution in [0.4, 0.5) is 0 Å². The van der Waals surface area contributed by atoms with Gasteiger partial charge in [-0.3, -0.25) is 0 Å². The zero-order valence-corrected chi connectivity index (χ0v) is 6.40. The summed E-state index contributed by atoms with van der Waals surface area (Å²) in [6.07, 6.45) is 3.50. The van der Waals surface area contributed by atoms with Crippen molar-refractivity contribution in [2.45, 2.75) is 25.3 Å². The van der Waals surface area contributed by atoms with Crippen molar-refractivity contribution in [3.8, 4) is 0 Å². The molecule has 0 spiro atoms. The van der Waals surface area contributed by atoms with E-state index in [4.69, 9.17) is 5.73 Å². The van der Waals surface area contributed by atoms with Gasteiger partial charge in [-0.25, -0.2) is 0 Å². The average Bonchev–Trinajstić information content (AvgIpc) is 2.38. The van der Waals surface area contributed by atoms with Crippen LogP contribution in [0.3, 0.4) is 0 Å². The van der Waals surface area contributed by atoms with Crippen molar-refractivity contribution < 1.29 is 0 Å². The summed E-state index contributed by atoms with van der Waals surface area (Å²) in [6, 6.07) is 0.559. The van der Waals surface area contributed by atoms with Gasteiger partial charge in [-0.15, -0.1) is 0 Å². The quantitative estimate of drug-likeness (QED) is 0.565. The highest BCUT2D eigenvalue weighted by molar-refractivity contribution is 5.07. The molecule has 0 aromatic carbocycles. The molecule has 1 unspecified atom stereocenters. The highest BCUT2D eigenvalue weighted by atomic mass is 14.9. The highest BCUT2D eigenvalue weighted by Gasteiger charge is 2.15. The Hall–Kier alpha value is -0.340. The lowest BCUT2D eigenvalue weighted by atomic mass is 10.0. The molecule has 1 aliphatic heterocycles. The third kappa shape index (κ3) is 1.82. The smallest absolute Gasteiger partial charge is 0.0277 e. The van der Waals surface area contributed by atoms with Crippen molar-refractivity contribution in [3.63, 3.8) is 0 Å². The first-order valence-corrected chi connectivity index (χ1v) is 3.95. The highest BCUT2D eigenvalue weighted by Crippen LogP contribution is 2.14. The molecule has 0 aromatic heterocycles. The SMILES string of the molecule is C=C(CCN)C1CCCN1. The van der Waals surface area contributed by atoms with Gasteiger partial charge in [-0.2, -0.15) is 0 Å². The van der Waals surface area contributed by atoms with Crippen molar-refractivity contribution in [1.29, 1.82) is 0 Å². The Morgan fingerprint density at radius 3 is 3.00 bits per heavy atom. The second kappa shape index (κ2) is 3.74. The van der Waals surface area contributed by atoms with E-state index in [0.29, 0.717) is 6.04 Å². The Morgan fingerprint density at radius 1 is 1.70 bits per heavy atom. The van der Waals surface area contributed by atoms with E-state index in [1.807, 2.05) is 0 Å². The molecule has 58 valence electrons. The molecule has 0 radical (unpaired) electrons. The Labute approximate surface area is 62.5 Å². The summed E-state index contributed by atoms with van der Waals surface area (Å²) < 4.78 is 0. The lowest BCUT2D eigenvalue weighted by Crippen LogP contribution is -2.24. The van der Waals surface area contributed by atoms with E-state index in [0.717, 1.165) is 19.5 Å². The molecule has 1 atom stereocenters. The van der Waals surface area contributed by atoms with E-state index < -0.39 is 0 Å². The van der Waals surface area contributed by atoms with Crippen LogP contribution in [-0.4, -0.2) is 19.1 Å². The molecule has 1 fully saturated rings. The Kier molecular flexibility index (Phi) is 2.90. The lowest BCUT2D eigenvalue weighted by Gasteiger charge is -2.11. The van der Waals surface area contributed by atoms with E-state index in [1.54, 1.807) is 0 Å². The second-order valence-corrected chi connectivity index (χ2v) is 2.85. The van der Waals surface area contributed by atoms with Gasteiger partial charge >= 0.3 is 0 Å². The Balaban J connectivity index is 2.25. The second-order valence-electron chi connectivity index (χ2n) is 2.85. The first-order chi connectivity index (χ1) is 4.84. The molecule has 0 amide bonds. The molecule has 2 nitrogen and oxygen atoms in total. The monoisotopic (exact) mass is 140 g/mol. The van der Waals surface area contributed by atoms with Crippen molar-refractivity contribution >= 4 is 0 Å². The minimum Gasteiger partial charge on any atom is -0.330 e. The minimum absolute atomic E-state index is 0.559. The van der Waals surface area contributed by atoms with Crippen LogP contribution in [0.1, 0.15) is 19.3 Å². The minimum atomic E-state index is 0.559. The molecule has 1 aliphatic rings. The van der Waals surface area contributed by atoms with Gasteiger partial charge in [0.1, 0.15) is 0 Å². The fourth-order valence-electron chi connectivity index (χ4n) is 1.39. The predicted octanol–water partition coefficient (Wildman–Crippen LogP) is 0.643. The number of hydrogen-bond donors (Lipinski definition) is 2. The molecule has 0 aromatic rings. The van der Waals surface area contributed by atoms with Crippen LogP contribution < -0.4 is 11.1 Å². The fraction of sp³-hybridized carbons (Fsp3) is 0.750. The van der Waals surface area contributed by atoms with Crippen molar-refractivity contribution in [3.05, 3.63) is 12.2 Å². The maximum atomic E-state index is 5.41. The average molecular weight is 140 g/mol. The standard InChI is InChI=1S/C8H16N2/c1-7(4-5-9)8-3-2-6-10-8/h8,10H,1-6,9H2. The van der Waals surface area contributed by atoms with Gasteiger partial charge in [0.05, 0.1) is 0 Å². The Bertz CT molecular complexity index is 114. The maximum Gasteiger partial charge on any atom is 0.0277 e. The molecule has 10 heavy (non-hydrogen) atoms. The van der Waals surface area contributed by atoms with E-state index in [9.17, 15) is 0 Å². The van der Waals surface area contributed by atoms with Gasteiger partial charge in [0.2, 0.25) is 0 Å². The Morgan fingerprint density at radius 2 is 2.50 bits per heavy atom. The molecule has 0 aliphatic carbocycles. The lowest BCUT2D eigenvalue weighted by molar-refractivity contribution is 0.661. The van der Waals surface area contributed by atoms with Crippen LogP contribution in [-0.2, 0) is 0 Å². The maximum absolute atomic E-state index is 5.41. The largest absolute Gasteiger partial charge is 0.330 e. The number of nitrogens with one attached hydrogen (secondary N) is 1. The number of nitrogens with two attached hydrogens (primary N) is 1. The van der Waals surface area contributed by atoms with Gasteiger partial charge in [-0.1, -0.05) is 12.2 Å². The zero-order chi connectivity index (χ0) is 7.40. The van der Waals surface area contributed by atoms with Gasteiger partial charge in [0, 0.05) is 6.04 Å². The first kappa shape index (κ1) is 7.76. The summed E-state index contributed by atoms with van der Waals surface area (Å²) in [5.74, 6) is 0. The van der Waals surface area contributed by atoms with E-state index in [2.05, 4.69) is 11.9 Å². The number of hydrogen-bond acceptors (Lipinski definition) is 2. The first-order valence-electron chi connectivity index (χ1n) is 3.95. The molecule has 1 rings (SSSR count). The van der Waals surface area contributed by atoms with Crippen LogP contribution in [0.15, 0.2) is 12.2 Å². The molecule has 0 saturated carbocycles. The topological polar surface area (TPSA) is 38.0 Å². The summed E-state index contributed by atoms with van der Waals surface area (Å²) >= 11 is 0. The molecule has 3 N–H and O–H groups in total. The summed E-state index contributed by atoms with van der Waals surface area (Å²) in [5.41, 5.74) is 6.69. The van der Waals surface area contributed by atoms with Gasteiger partial charge in [0.15, 0.2) is 0 Å². The number of rotatable bonds is 3. The molecule has 1 heterocycles. The van der Waals surface area contributed by atoms with Crippen molar-refractivity contribution in [2.24, 2.45) is 5.73 Å². The molecule has 1 saturated heterocycles. The molecular weight excluding hydrogens is 124 g/mol. The van der Waals surface area contributed by atoms with E-state index in [1.165, 1.54) is 18.4 Å². The van der Waals surface area contributed by atoms with Crippen molar-refractivity contribution in [2.75, 3.05) is 13.1 Å². The predicted molar refractivity (Wildman–Crippen MR) is 43.8 cm³/mol. The van der Waals surface area contributed by atoms with Gasteiger partial charge < -0.3 is 11.1 Å². The van der Waals surface area contributed by atoms with Crippen LogP contribution in [0.2, 0.25) is 0 Å². The third-order valence-electron chi connectivity index (χ3n) is 2.02. The van der Waals surface area contributed by atoms with Crippen LogP contribution >= 0.6 is 0 Å². The normalized spacial score (nSPS) is 25.1. The molecule has 0 bridgehead atoms. The van der Waals surface area contributed by atoms with Crippen LogP contribution in [0, 0.1) is 0 Å². The van der Waals surface area contributed by atoms with E-state index >= 15 is 0 Å². The zero-order valence-electron chi connectivity index (χ0n) is 6.40. The fourth-order valence-corrected chi connectivity index (χ4v) is 1.39. The van der Waals surface area contributed by atoms with E-state index in [-0.39, 0.29) is 0 Å². The third-order valence-corrected chi connectivity index (χ3v) is 2.02. The molecular formula is C8H16N2. The summed E-state index contributed by atoms with van der Waals surface area (Å²) in [5, 5.41) is 3.39. The van der Waals surface area contributed by atoms with Gasteiger partial charge in [0.25, 0.3) is 0 Å². The van der Waals surface area contributed by atoms with Crippen LogP contribution in [0.5, 0.6) is 0 Å². The van der Waals surface area contributed by atoms with Crippen LogP contribution in [0.25, 0.3) is 0 Å². The summed E-state index contributed by atoms with van der Waals surface area (Å²) in [6.45, 7) is 5.86. The molecule has 2 heteroatoms. The summed E-state index contributed by atoms with van der Waals surface area (Å²) in [4.78, 5) is 0. The summed E-state index contributed by atoms with van der Waals surface area (Å²) in [7, 11) is 0.